The number of hydrogen-bond acceptors (Lipinski definition) is 4. The van der Waals surface area contributed by atoms with Gasteiger partial charge in [-0.1, -0.05) is 6.07 Å². The van der Waals surface area contributed by atoms with Crippen LogP contribution in [0.2, 0.25) is 0 Å². The molecule has 1 amide bonds. The van der Waals surface area contributed by atoms with Gasteiger partial charge in [-0.05, 0) is 60.9 Å². The molecule has 6 heteroatoms. The van der Waals surface area contributed by atoms with Crippen molar-refractivity contribution in [1.82, 2.24) is 14.7 Å². The molecule has 6 nitrogen and oxygen atoms in total. The number of rotatable bonds is 3. The Morgan fingerprint density at radius 2 is 1.83 bits per heavy atom. The topological polar surface area (TPSA) is 56.6 Å². The third-order valence-electron chi connectivity index (χ3n) is 5.55. The summed E-state index contributed by atoms with van der Waals surface area (Å²) in [5, 5.41) is 4.23. The molecule has 0 aliphatic carbocycles. The number of amides is 1. The highest BCUT2D eigenvalue weighted by Crippen LogP contribution is 2.38. The van der Waals surface area contributed by atoms with E-state index >= 15 is 0 Å². The lowest BCUT2D eigenvalue weighted by atomic mass is 10.0. The number of nitrogens with zero attached hydrogens (tertiary/aromatic N) is 3. The summed E-state index contributed by atoms with van der Waals surface area (Å²) < 4.78 is 13.4. The molecule has 0 radical (unpaired) electrons. The Labute approximate surface area is 169 Å². The highest BCUT2D eigenvalue weighted by molar-refractivity contribution is 5.94. The molecule has 0 N–H and O–H groups in total. The Morgan fingerprint density at radius 1 is 1.00 bits per heavy atom. The first-order valence-corrected chi connectivity index (χ1v) is 10.1. The standard InChI is InChI=1S/C23H23N3O3/c27-23(17-5-8-19(9-6-17)26-13-2-11-24-26)25-12-1-4-20(25)18-7-10-21-22(16-18)29-15-3-14-28-21/h2,5-11,13,16,20H,1,3-4,12,14-15H2/t20-/m1/s1. The minimum atomic E-state index is 0.0606. The molecule has 148 valence electrons. The molecule has 0 saturated carbocycles. The SMILES string of the molecule is O=C(c1ccc(-n2cccn2)cc1)N1CCC[C@@H]1c1ccc2c(c1)OCCCO2. The van der Waals surface area contributed by atoms with E-state index in [9.17, 15) is 4.79 Å². The maximum absolute atomic E-state index is 13.2. The van der Waals surface area contributed by atoms with Crippen LogP contribution in [0, 0.1) is 0 Å². The molecule has 2 aromatic carbocycles. The molecule has 1 fully saturated rings. The van der Waals surface area contributed by atoms with E-state index in [4.69, 9.17) is 9.47 Å². The van der Waals surface area contributed by atoms with Crippen LogP contribution in [0.1, 0.15) is 41.2 Å². The van der Waals surface area contributed by atoms with E-state index in [-0.39, 0.29) is 11.9 Å². The van der Waals surface area contributed by atoms with Gasteiger partial charge < -0.3 is 14.4 Å². The first-order valence-electron chi connectivity index (χ1n) is 10.1. The van der Waals surface area contributed by atoms with E-state index in [1.54, 1.807) is 10.9 Å². The van der Waals surface area contributed by atoms with Crippen molar-refractivity contribution >= 4 is 5.91 Å². The van der Waals surface area contributed by atoms with E-state index in [1.807, 2.05) is 53.6 Å². The molecule has 1 atom stereocenters. The number of carbonyl (C=O) groups is 1. The van der Waals surface area contributed by atoms with Crippen LogP contribution in [0.5, 0.6) is 11.5 Å². The first-order chi connectivity index (χ1) is 14.3. The molecular weight excluding hydrogens is 366 g/mol. The molecule has 3 heterocycles. The number of benzene rings is 2. The molecule has 0 unspecified atom stereocenters. The summed E-state index contributed by atoms with van der Waals surface area (Å²) in [4.78, 5) is 15.2. The van der Waals surface area contributed by atoms with Gasteiger partial charge in [0.15, 0.2) is 11.5 Å². The molecule has 1 aromatic heterocycles. The maximum Gasteiger partial charge on any atom is 0.254 e. The van der Waals surface area contributed by atoms with E-state index < -0.39 is 0 Å². The summed E-state index contributed by atoms with van der Waals surface area (Å²) in [6.45, 7) is 2.10. The zero-order valence-corrected chi connectivity index (χ0v) is 16.2. The monoisotopic (exact) mass is 389 g/mol. The molecule has 1 saturated heterocycles. The van der Waals surface area contributed by atoms with Crippen LogP contribution < -0.4 is 9.47 Å². The van der Waals surface area contributed by atoms with Crippen molar-refractivity contribution in [1.29, 1.82) is 0 Å². The quantitative estimate of drug-likeness (QED) is 0.679. The summed E-state index contributed by atoms with van der Waals surface area (Å²) in [7, 11) is 0. The van der Waals surface area contributed by atoms with Crippen LogP contribution in [0.25, 0.3) is 5.69 Å². The fourth-order valence-electron chi connectivity index (χ4n) is 4.09. The lowest BCUT2D eigenvalue weighted by Crippen LogP contribution is -2.30. The Morgan fingerprint density at radius 3 is 2.62 bits per heavy atom. The molecule has 2 aliphatic heterocycles. The van der Waals surface area contributed by atoms with Crippen molar-refractivity contribution in [2.75, 3.05) is 19.8 Å². The lowest BCUT2D eigenvalue weighted by molar-refractivity contribution is 0.0735. The number of likely N-dealkylation sites (tertiary alicyclic amines) is 1. The zero-order chi connectivity index (χ0) is 19.6. The largest absolute Gasteiger partial charge is 0.490 e. The number of fused-ring (bicyclic) bond motifs is 1. The van der Waals surface area contributed by atoms with Crippen LogP contribution in [0.3, 0.4) is 0 Å². The van der Waals surface area contributed by atoms with Gasteiger partial charge in [0.05, 0.1) is 24.9 Å². The molecular formula is C23H23N3O3. The second-order valence-electron chi connectivity index (χ2n) is 7.41. The maximum atomic E-state index is 13.2. The van der Waals surface area contributed by atoms with Crippen LogP contribution in [0.4, 0.5) is 0 Å². The Hall–Kier alpha value is -3.28. The fourth-order valence-corrected chi connectivity index (χ4v) is 4.09. The predicted molar refractivity (Wildman–Crippen MR) is 109 cm³/mol. The summed E-state index contributed by atoms with van der Waals surface area (Å²) in [6, 6.07) is 15.6. The highest BCUT2D eigenvalue weighted by atomic mass is 16.5. The number of carbonyl (C=O) groups excluding carboxylic acids is 1. The molecule has 0 spiro atoms. The van der Waals surface area contributed by atoms with Gasteiger partial charge in [-0.15, -0.1) is 0 Å². The minimum Gasteiger partial charge on any atom is -0.490 e. The van der Waals surface area contributed by atoms with E-state index in [1.165, 1.54) is 0 Å². The first kappa shape index (κ1) is 17.8. The number of hydrogen-bond donors (Lipinski definition) is 0. The summed E-state index contributed by atoms with van der Waals surface area (Å²) in [6.07, 6.45) is 6.46. The molecule has 29 heavy (non-hydrogen) atoms. The van der Waals surface area contributed by atoms with Gasteiger partial charge in [-0.2, -0.15) is 5.10 Å². The van der Waals surface area contributed by atoms with Gasteiger partial charge in [0.2, 0.25) is 0 Å². The Bertz CT molecular complexity index is 999. The van der Waals surface area contributed by atoms with Gasteiger partial charge >= 0.3 is 0 Å². The van der Waals surface area contributed by atoms with Crippen molar-refractivity contribution < 1.29 is 14.3 Å². The van der Waals surface area contributed by atoms with Crippen LogP contribution in [0.15, 0.2) is 60.9 Å². The molecule has 3 aromatic rings. The lowest BCUT2D eigenvalue weighted by Gasteiger charge is -2.26. The molecule has 0 bridgehead atoms. The number of ether oxygens (including phenoxy) is 2. The predicted octanol–water partition coefficient (Wildman–Crippen LogP) is 4.01. The summed E-state index contributed by atoms with van der Waals surface area (Å²) >= 11 is 0. The molecule has 2 aliphatic rings. The van der Waals surface area contributed by atoms with Gasteiger partial charge in [-0.3, -0.25) is 4.79 Å². The average Bonchev–Trinajstić information content (AvgIpc) is 3.42. The number of aromatic nitrogens is 2. The molecule has 5 rings (SSSR count). The highest BCUT2D eigenvalue weighted by Gasteiger charge is 2.31. The smallest absolute Gasteiger partial charge is 0.254 e. The minimum absolute atomic E-state index is 0.0606. The fraction of sp³-hybridized carbons (Fsp3) is 0.304. The average molecular weight is 389 g/mol. The van der Waals surface area contributed by atoms with Crippen molar-refractivity contribution in [2.24, 2.45) is 0 Å². The van der Waals surface area contributed by atoms with Crippen LogP contribution in [-0.4, -0.2) is 40.3 Å². The third kappa shape index (κ3) is 3.46. The van der Waals surface area contributed by atoms with Gasteiger partial charge in [0.25, 0.3) is 5.91 Å². The second kappa shape index (κ2) is 7.62. The second-order valence-corrected chi connectivity index (χ2v) is 7.41. The van der Waals surface area contributed by atoms with E-state index in [0.717, 1.165) is 48.6 Å². The van der Waals surface area contributed by atoms with E-state index in [2.05, 4.69) is 11.2 Å². The zero-order valence-electron chi connectivity index (χ0n) is 16.2. The third-order valence-corrected chi connectivity index (χ3v) is 5.55. The Kier molecular flexibility index (Phi) is 4.68. The van der Waals surface area contributed by atoms with Gasteiger partial charge in [0.1, 0.15) is 0 Å². The van der Waals surface area contributed by atoms with Gasteiger partial charge in [-0.25, -0.2) is 4.68 Å². The normalized spacial score (nSPS) is 18.5. The van der Waals surface area contributed by atoms with Crippen molar-refractivity contribution in [3.63, 3.8) is 0 Å². The van der Waals surface area contributed by atoms with Crippen LogP contribution >= 0.6 is 0 Å². The van der Waals surface area contributed by atoms with E-state index in [0.29, 0.717) is 18.8 Å². The van der Waals surface area contributed by atoms with Crippen molar-refractivity contribution in [3.8, 4) is 17.2 Å². The van der Waals surface area contributed by atoms with Gasteiger partial charge in [0, 0.05) is 30.9 Å². The summed E-state index contributed by atoms with van der Waals surface area (Å²) in [5.41, 5.74) is 2.74. The van der Waals surface area contributed by atoms with Crippen molar-refractivity contribution in [2.45, 2.75) is 25.3 Å². The van der Waals surface area contributed by atoms with Crippen molar-refractivity contribution in [3.05, 3.63) is 72.1 Å². The Balaban J connectivity index is 1.38. The van der Waals surface area contributed by atoms with Crippen LogP contribution in [-0.2, 0) is 0 Å². The summed E-state index contributed by atoms with van der Waals surface area (Å²) in [5.74, 6) is 1.63.